The number of hydrogen-bond acceptors (Lipinski definition) is 4. The molecule has 1 fully saturated rings. The van der Waals surface area contributed by atoms with Crippen molar-refractivity contribution >= 4 is 0 Å². The Morgan fingerprint density at radius 3 is 2.75 bits per heavy atom. The molecule has 0 spiro atoms. The number of benzene rings is 1. The SMILES string of the molecule is Cc1cnccc1C1CNNC1c1ccc(CN)cc1. The molecule has 1 aliphatic heterocycles. The van der Waals surface area contributed by atoms with Crippen molar-refractivity contribution in [2.45, 2.75) is 25.4 Å². The molecule has 0 saturated carbocycles. The predicted octanol–water partition coefficient (Wildman–Crippen LogP) is 1.78. The normalized spacial score (nSPS) is 22.1. The van der Waals surface area contributed by atoms with Crippen LogP contribution in [0.3, 0.4) is 0 Å². The van der Waals surface area contributed by atoms with Crippen molar-refractivity contribution in [1.29, 1.82) is 0 Å². The summed E-state index contributed by atoms with van der Waals surface area (Å²) < 4.78 is 0. The number of aryl methyl sites for hydroxylation is 1. The van der Waals surface area contributed by atoms with Gasteiger partial charge in [-0.05, 0) is 35.2 Å². The first-order valence-corrected chi connectivity index (χ1v) is 6.97. The molecule has 0 aliphatic carbocycles. The fourth-order valence-corrected chi connectivity index (χ4v) is 2.86. The topological polar surface area (TPSA) is 63.0 Å². The summed E-state index contributed by atoms with van der Waals surface area (Å²) in [5.41, 5.74) is 17.4. The van der Waals surface area contributed by atoms with Crippen LogP contribution in [0.5, 0.6) is 0 Å². The molecule has 0 radical (unpaired) electrons. The van der Waals surface area contributed by atoms with Crippen molar-refractivity contribution in [3.63, 3.8) is 0 Å². The summed E-state index contributed by atoms with van der Waals surface area (Å²) >= 11 is 0. The molecule has 4 heteroatoms. The fourth-order valence-electron chi connectivity index (χ4n) is 2.86. The Morgan fingerprint density at radius 2 is 2.05 bits per heavy atom. The Labute approximate surface area is 119 Å². The van der Waals surface area contributed by atoms with Crippen LogP contribution in [0, 0.1) is 6.92 Å². The quantitative estimate of drug-likeness (QED) is 0.794. The van der Waals surface area contributed by atoms with Crippen LogP contribution in [-0.4, -0.2) is 11.5 Å². The molecule has 0 bridgehead atoms. The van der Waals surface area contributed by atoms with Crippen LogP contribution in [0.2, 0.25) is 0 Å². The van der Waals surface area contributed by atoms with Crippen LogP contribution in [0.4, 0.5) is 0 Å². The summed E-state index contributed by atoms with van der Waals surface area (Å²) in [7, 11) is 0. The summed E-state index contributed by atoms with van der Waals surface area (Å²) in [6.45, 7) is 3.63. The lowest BCUT2D eigenvalue weighted by atomic mass is 9.87. The molecular formula is C16H20N4. The van der Waals surface area contributed by atoms with Crippen LogP contribution >= 0.6 is 0 Å². The maximum absolute atomic E-state index is 5.66. The highest BCUT2D eigenvalue weighted by molar-refractivity contribution is 5.34. The highest BCUT2D eigenvalue weighted by Gasteiger charge is 2.30. The summed E-state index contributed by atoms with van der Waals surface area (Å²) in [6.07, 6.45) is 3.80. The van der Waals surface area contributed by atoms with Gasteiger partial charge in [0.2, 0.25) is 0 Å². The number of nitrogens with two attached hydrogens (primary N) is 1. The predicted molar refractivity (Wildman–Crippen MR) is 79.9 cm³/mol. The largest absolute Gasteiger partial charge is 0.326 e. The van der Waals surface area contributed by atoms with Gasteiger partial charge in [0.05, 0.1) is 6.04 Å². The number of hydrogen-bond donors (Lipinski definition) is 3. The number of rotatable bonds is 3. The molecule has 2 heterocycles. The molecule has 4 nitrogen and oxygen atoms in total. The molecule has 1 aromatic heterocycles. The Kier molecular flexibility index (Phi) is 3.78. The van der Waals surface area contributed by atoms with Crippen LogP contribution in [0.1, 0.15) is 34.2 Å². The first kappa shape index (κ1) is 13.2. The zero-order valence-corrected chi connectivity index (χ0v) is 11.6. The lowest BCUT2D eigenvalue weighted by Crippen LogP contribution is -2.24. The Hall–Kier alpha value is -1.75. The average Bonchev–Trinajstić information content (AvgIpc) is 2.97. The van der Waals surface area contributed by atoms with E-state index < -0.39 is 0 Å². The molecule has 2 atom stereocenters. The van der Waals surface area contributed by atoms with Gasteiger partial charge in [-0.25, -0.2) is 5.43 Å². The van der Waals surface area contributed by atoms with Gasteiger partial charge >= 0.3 is 0 Å². The Bertz CT molecular complexity index is 579. The molecule has 3 rings (SSSR count). The highest BCUT2D eigenvalue weighted by Crippen LogP contribution is 2.34. The van der Waals surface area contributed by atoms with Gasteiger partial charge in [-0.2, -0.15) is 0 Å². The second-order valence-corrected chi connectivity index (χ2v) is 5.29. The fraction of sp³-hybridized carbons (Fsp3) is 0.312. The van der Waals surface area contributed by atoms with Gasteiger partial charge in [-0.15, -0.1) is 0 Å². The van der Waals surface area contributed by atoms with E-state index in [0.29, 0.717) is 12.5 Å². The van der Waals surface area contributed by atoms with Crippen LogP contribution < -0.4 is 16.6 Å². The van der Waals surface area contributed by atoms with Gasteiger partial charge in [0.15, 0.2) is 0 Å². The zero-order chi connectivity index (χ0) is 13.9. The minimum absolute atomic E-state index is 0.280. The van der Waals surface area contributed by atoms with Gasteiger partial charge in [0.1, 0.15) is 0 Å². The molecule has 4 N–H and O–H groups in total. The Morgan fingerprint density at radius 1 is 1.25 bits per heavy atom. The molecule has 104 valence electrons. The van der Waals surface area contributed by atoms with E-state index in [4.69, 9.17) is 5.73 Å². The maximum Gasteiger partial charge on any atom is 0.0543 e. The van der Waals surface area contributed by atoms with E-state index in [9.17, 15) is 0 Å². The van der Waals surface area contributed by atoms with E-state index >= 15 is 0 Å². The molecule has 20 heavy (non-hydrogen) atoms. The molecule has 2 aromatic rings. The van der Waals surface area contributed by atoms with Crippen molar-refractivity contribution in [3.8, 4) is 0 Å². The second-order valence-electron chi connectivity index (χ2n) is 5.29. The number of aromatic nitrogens is 1. The van der Waals surface area contributed by atoms with E-state index in [0.717, 1.165) is 12.1 Å². The standard InChI is InChI=1S/C16H20N4/c1-11-9-18-7-6-14(11)15-10-19-20-16(15)13-4-2-12(8-17)3-5-13/h2-7,9,15-16,19-20H,8,10,17H2,1H3. The number of nitrogens with zero attached hydrogens (tertiary/aromatic N) is 1. The summed E-state index contributed by atoms with van der Waals surface area (Å²) in [5, 5.41) is 0. The van der Waals surface area contributed by atoms with Gasteiger partial charge in [0, 0.05) is 31.4 Å². The minimum Gasteiger partial charge on any atom is -0.326 e. The van der Waals surface area contributed by atoms with E-state index in [1.807, 2.05) is 12.4 Å². The third kappa shape index (κ3) is 2.45. The Balaban J connectivity index is 1.90. The molecule has 1 aromatic carbocycles. The van der Waals surface area contributed by atoms with Gasteiger partial charge in [-0.3, -0.25) is 10.4 Å². The summed E-state index contributed by atoms with van der Waals surface area (Å²) in [4.78, 5) is 4.18. The number of pyridine rings is 1. The van der Waals surface area contributed by atoms with Crippen molar-refractivity contribution in [2.24, 2.45) is 5.73 Å². The zero-order valence-electron chi connectivity index (χ0n) is 11.6. The third-order valence-corrected chi connectivity index (χ3v) is 4.02. The highest BCUT2D eigenvalue weighted by atomic mass is 15.4. The summed E-state index contributed by atoms with van der Waals surface area (Å²) in [6, 6.07) is 10.9. The van der Waals surface area contributed by atoms with Crippen molar-refractivity contribution in [1.82, 2.24) is 15.8 Å². The van der Waals surface area contributed by atoms with E-state index in [2.05, 4.69) is 53.1 Å². The smallest absolute Gasteiger partial charge is 0.0543 e. The molecular weight excluding hydrogens is 248 g/mol. The third-order valence-electron chi connectivity index (χ3n) is 4.02. The van der Waals surface area contributed by atoms with Gasteiger partial charge in [-0.1, -0.05) is 24.3 Å². The molecule has 1 aliphatic rings. The minimum atomic E-state index is 0.280. The molecule has 2 unspecified atom stereocenters. The van der Waals surface area contributed by atoms with Crippen LogP contribution in [0.25, 0.3) is 0 Å². The lowest BCUT2D eigenvalue weighted by molar-refractivity contribution is 0.553. The lowest BCUT2D eigenvalue weighted by Gasteiger charge is -2.20. The van der Waals surface area contributed by atoms with Crippen molar-refractivity contribution in [3.05, 3.63) is 65.0 Å². The van der Waals surface area contributed by atoms with Gasteiger partial charge in [0.25, 0.3) is 0 Å². The van der Waals surface area contributed by atoms with Crippen molar-refractivity contribution in [2.75, 3.05) is 6.54 Å². The van der Waals surface area contributed by atoms with Crippen LogP contribution in [0.15, 0.2) is 42.7 Å². The van der Waals surface area contributed by atoms with E-state index in [1.165, 1.54) is 16.7 Å². The van der Waals surface area contributed by atoms with Crippen molar-refractivity contribution < 1.29 is 0 Å². The maximum atomic E-state index is 5.66. The molecule has 0 amide bonds. The number of nitrogens with one attached hydrogen (secondary N) is 2. The monoisotopic (exact) mass is 268 g/mol. The second kappa shape index (κ2) is 5.71. The first-order valence-electron chi connectivity index (χ1n) is 6.97. The molecule has 1 saturated heterocycles. The summed E-state index contributed by atoms with van der Waals surface area (Å²) in [5.74, 6) is 0.418. The average molecular weight is 268 g/mol. The van der Waals surface area contributed by atoms with Crippen LogP contribution in [-0.2, 0) is 6.54 Å². The van der Waals surface area contributed by atoms with Gasteiger partial charge < -0.3 is 5.73 Å². The van der Waals surface area contributed by atoms with E-state index in [-0.39, 0.29) is 6.04 Å². The first-order chi connectivity index (χ1) is 9.79. The number of hydrazine groups is 1. The van der Waals surface area contributed by atoms with E-state index in [1.54, 1.807) is 0 Å².